The average molecular weight is 338 g/mol. The molecule has 0 aliphatic rings. The van der Waals surface area contributed by atoms with E-state index in [9.17, 15) is 4.79 Å². The normalized spacial score (nSPS) is 14.7. The van der Waals surface area contributed by atoms with Gasteiger partial charge < -0.3 is 9.84 Å². The molecule has 0 fully saturated rings. The Morgan fingerprint density at radius 1 is 1.17 bits per heavy atom. The molecule has 0 aliphatic heterocycles. The van der Waals surface area contributed by atoms with Gasteiger partial charge in [-0.05, 0) is 47.2 Å². The van der Waals surface area contributed by atoms with Gasteiger partial charge in [-0.2, -0.15) is 0 Å². The molecule has 1 atom stereocenters. The number of aryl methyl sites for hydroxylation is 1. The standard InChI is InChI=1S/C19H35N3O2/c1-9-13-19(8,22(11-3)12-4)18(6,7)20-17(23)16-14(5)15(10-2)24-21-16/h9-13H2,1-8H3,(H,20,23). The third-order valence-electron chi connectivity index (χ3n) is 5.53. The second kappa shape index (κ2) is 8.15. The number of rotatable bonds is 9. The van der Waals surface area contributed by atoms with E-state index in [0.29, 0.717) is 5.69 Å². The molecule has 0 radical (unpaired) electrons. The third-order valence-corrected chi connectivity index (χ3v) is 5.53. The van der Waals surface area contributed by atoms with Crippen LogP contribution in [0.2, 0.25) is 0 Å². The van der Waals surface area contributed by atoms with E-state index in [1.54, 1.807) is 0 Å². The quantitative estimate of drug-likeness (QED) is 0.741. The second-order valence-electron chi connectivity index (χ2n) is 7.21. The molecule has 5 heteroatoms. The summed E-state index contributed by atoms with van der Waals surface area (Å²) in [6.45, 7) is 18.8. The highest BCUT2D eigenvalue weighted by atomic mass is 16.5. The zero-order chi connectivity index (χ0) is 18.5. The van der Waals surface area contributed by atoms with Crippen LogP contribution >= 0.6 is 0 Å². The van der Waals surface area contributed by atoms with Crippen LogP contribution in [0.15, 0.2) is 4.52 Å². The van der Waals surface area contributed by atoms with Crippen molar-refractivity contribution in [3.05, 3.63) is 17.0 Å². The van der Waals surface area contributed by atoms with Crippen molar-refractivity contribution in [2.45, 2.75) is 85.7 Å². The molecule has 0 aliphatic carbocycles. The highest BCUT2D eigenvalue weighted by Gasteiger charge is 2.45. The van der Waals surface area contributed by atoms with Crippen molar-refractivity contribution >= 4 is 5.91 Å². The Kier molecular flexibility index (Phi) is 7.02. The molecule has 138 valence electrons. The molecule has 0 saturated carbocycles. The van der Waals surface area contributed by atoms with E-state index in [2.05, 4.69) is 56.9 Å². The number of carbonyl (C=O) groups excluding carboxylic acids is 1. The topological polar surface area (TPSA) is 58.4 Å². The van der Waals surface area contributed by atoms with Crippen molar-refractivity contribution in [1.82, 2.24) is 15.4 Å². The minimum absolute atomic E-state index is 0.133. The van der Waals surface area contributed by atoms with Crippen molar-refractivity contribution in [2.75, 3.05) is 13.1 Å². The Bertz CT molecular complexity index is 547. The fourth-order valence-electron chi connectivity index (χ4n) is 3.66. The molecule has 0 spiro atoms. The van der Waals surface area contributed by atoms with Gasteiger partial charge in [0.15, 0.2) is 5.69 Å². The third kappa shape index (κ3) is 3.82. The van der Waals surface area contributed by atoms with Crippen molar-refractivity contribution in [1.29, 1.82) is 0 Å². The summed E-state index contributed by atoms with van der Waals surface area (Å²) >= 11 is 0. The molecule has 1 unspecified atom stereocenters. The number of aromatic nitrogens is 1. The highest BCUT2D eigenvalue weighted by Crippen LogP contribution is 2.33. The first-order chi connectivity index (χ1) is 11.2. The molecular weight excluding hydrogens is 302 g/mol. The number of nitrogens with one attached hydrogen (secondary N) is 1. The summed E-state index contributed by atoms with van der Waals surface area (Å²) in [6.07, 6.45) is 2.82. The Morgan fingerprint density at radius 2 is 1.75 bits per heavy atom. The molecule has 1 amide bonds. The summed E-state index contributed by atoms with van der Waals surface area (Å²) in [4.78, 5) is 15.2. The summed E-state index contributed by atoms with van der Waals surface area (Å²) in [5.41, 5.74) is 0.708. The van der Waals surface area contributed by atoms with Crippen LogP contribution in [0.25, 0.3) is 0 Å². The minimum atomic E-state index is -0.399. The molecule has 0 aromatic carbocycles. The van der Waals surface area contributed by atoms with E-state index < -0.39 is 5.54 Å². The van der Waals surface area contributed by atoms with Crippen LogP contribution in [-0.4, -0.2) is 40.1 Å². The lowest BCUT2D eigenvalue weighted by Crippen LogP contribution is -2.66. The van der Waals surface area contributed by atoms with Crippen LogP contribution in [0.1, 0.15) is 83.1 Å². The fraction of sp³-hybridized carbons (Fsp3) is 0.789. The maximum Gasteiger partial charge on any atom is 0.274 e. The number of likely N-dealkylation sites (N-methyl/N-ethyl adjacent to an activating group) is 1. The number of carbonyl (C=O) groups is 1. The van der Waals surface area contributed by atoms with Crippen LogP contribution < -0.4 is 5.32 Å². The Balaban J connectivity index is 3.11. The van der Waals surface area contributed by atoms with Gasteiger partial charge in [0, 0.05) is 17.5 Å². The molecule has 0 bridgehead atoms. The van der Waals surface area contributed by atoms with E-state index in [1.807, 2.05) is 13.8 Å². The van der Waals surface area contributed by atoms with Gasteiger partial charge in [0.25, 0.3) is 5.91 Å². The highest BCUT2D eigenvalue weighted by molar-refractivity contribution is 5.94. The molecule has 1 aromatic heterocycles. The zero-order valence-corrected chi connectivity index (χ0v) is 16.7. The summed E-state index contributed by atoms with van der Waals surface area (Å²) in [5, 5.41) is 7.21. The lowest BCUT2D eigenvalue weighted by Gasteiger charge is -2.51. The molecule has 1 aromatic rings. The van der Waals surface area contributed by atoms with Gasteiger partial charge in [0.1, 0.15) is 5.76 Å². The number of nitrogens with zero attached hydrogens (tertiary/aromatic N) is 2. The molecule has 0 saturated heterocycles. The summed E-state index contributed by atoms with van der Waals surface area (Å²) in [6, 6.07) is 0. The number of hydrogen-bond acceptors (Lipinski definition) is 4. The van der Waals surface area contributed by atoms with Crippen molar-refractivity contribution in [3.63, 3.8) is 0 Å². The van der Waals surface area contributed by atoms with Crippen LogP contribution in [0, 0.1) is 6.92 Å². The van der Waals surface area contributed by atoms with Crippen LogP contribution in [-0.2, 0) is 6.42 Å². The molecule has 5 nitrogen and oxygen atoms in total. The summed E-state index contributed by atoms with van der Waals surface area (Å²) in [7, 11) is 0. The van der Waals surface area contributed by atoms with Crippen molar-refractivity contribution in [3.8, 4) is 0 Å². The molecule has 24 heavy (non-hydrogen) atoms. The Hall–Kier alpha value is -1.36. The van der Waals surface area contributed by atoms with Gasteiger partial charge >= 0.3 is 0 Å². The first-order valence-corrected chi connectivity index (χ1v) is 9.21. The van der Waals surface area contributed by atoms with Crippen LogP contribution in [0.3, 0.4) is 0 Å². The number of amides is 1. The fourth-order valence-corrected chi connectivity index (χ4v) is 3.66. The van der Waals surface area contributed by atoms with E-state index in [1.165, 1.54) is 0 Å². The van der Waals surface area contributed by atoms with E-state index in [0.717, 1.165) is 43.7 Å². The minimum Gasteiger partial charge on any atom is -0.360 e. The zero-order valence-electron chi connectivity index (χ0n) is 16.7. The molecular formula is C19H35N3O2. The number of hydrogen-bond donors (Lipinski definition) is 1. The maximum absolute atomic E-state index is 12.8. The smallest absolute Gasteiger partial charge is 0.274 e. The Morgan fingerprint density at radius 3 is 2.17 bits per heavy atom. The Labute approximate surface area is 147 Å². The van der Waals surface area contributed by atoms with Gasteiger partial charge in [0.05, 0.1) is 5.54 Å². The lowest BCUT2D eigenvalue weighted by molar-refractivity contribution is 0.0227. The van der Waals surface area contributed by atoms with Crippen LogP contribution in [0.5, 0.6) is 0 Å². The lowest BCUT2D eigenvalue weighted by atomic mass is 9.75. The van der Waals surface area contributed by atoms with E-state index in [-0.39, 0.29) is 11.4 Å². The second-order valence-corrected chi connectivity index (χ2v) is 7.21. The largest absolute Gasteiger partial charge is 0.360 e. The predicted molar refractivity (Wildman–Crippen MR) is 98.4 cm³/mol. The first-order valence-electron chi connectivity index (χ1n) is 9.21. The van der Waals surface area contributed by atoms with Crippen molar-refractivity contribution < 1.29 is 9.32 Å². The summed E-state index contributed by atoms with van der Waals surface area (Å²) < 4.78 is 5.28. The monoisotopic (exact) mass is 337 g/mol. The van der Waals surface area contributed by atoms with Gasteiger partial charge in [-0.1, -0.05) is 39.3 Å². The molecule has 1 N–H and O–H groups in total. The predicted octanol–water partition coefficient (Wildman–Crippen LogP) is 3.95. The summed E-state index contributed by atoms with van der Waals surface area (Å²) in [5.74, 6) is 0.619. The van der Waals surface area contributed by atoms with Gasteiger partial charge in [-0.15, -0.1) is 0 Å². The maximum atomic E-state index is 12.8. The molecule has 1 heterocycles. The molecule has 1 rings (SSSR count). The van der Waals surface area contributed by atoms with Crippen molar-refractivity contribution in [2.24, 2.45) is 0 Å². The van der Waals surface area contributed by atoms with E-state index >= 15 is 0 Å². The van der Waals surface area contributed by atoms with Gasteiger partial charge in [0.2, 0.25) is 0 Å². The van der Waals surface area contributed by atoms with Crippen LogP contribution in [0.4, 0.5) is 0 Å². The first kappa shape index (κ1) is 20.7. The van der Waals surface area contributed by atoms with E-state index in [4.69, 9.17) is 4.52 Å². The van der Waals surface area contributed by atoms with Gasteiger partial charge in [-0.25, -0.2) is 0 Å². The average Bonchev–Trinajstić information content (AvgIpc) is 2.89. The van der Waals surface area contributed by atoms with Gasteiger partial charge in [-0.3, -0.25) is 9.69 Å². The SMILES string of the molecule is CCCC(C)(N(CC)CC)C(C)(C)NC(=O)c1noc(CC)c1C.